The third-order valence-corrected chi connectivity index (χ3v) is 2.20. The average molecular weight is 249 g/mol. The number of anilines is 1. The van der Waals surface area contributed by atoms with Gasteiger partial charge in [0, 0.05) is 5.69 Å². The van der Waals surface area contributed by atoms with Gasteiger partial charge in [-0.25, -0.2) is 14.1 Å². The van der Waals surface area contributed by atoms with Gasteiger partial charge in [0.1, 0.15) is 18.7 Å². The summed E-state index contributed by atoms with van der Waals surface area (Å²) in [6.45, 7) is 0.261. The van der Waals surface area contributed by atoms with Crippen LogP contribution in [0.3, 0.4) is 0 Å². The molecule has 0 aliphatic heterocycles. The van der Waals surface area contributed by atoms with Gasteiger partial charge in [-0.3, -0.25) is 4.79 Å². The van der Waals surface area contributed by atoms with Crippen LogP contribution in [0.2, 0.25) is 0 Å². The van der Waals surface area contributed by atoms with Gasteiger partial charge < -0.3 is 11.1 Å². The molecule has 0 atom stereocenters. The van der Waals surface area contributed by atoms with Crippen molar-refractivity contribution in [2.75, 3.05) is 5.32 Å². The minimum atomic E-state index is -0.350. The van der Waals surface area contributed by atoms with Crippen molar-refractivity contribution in [1.82, 2.24) is 14.8 Å². The van der Waals surface area contributed by atoms with Crippen LogP contribution in [0.5, 0.6) is 0 Å². The number of nitrogens with two attached hydrogens (primary N) is 1. The fourth-order valence-corrected chi connectivity index (χ4v) is 1.38. The average Bonchev–Trinajstić information content (AvgIpc) is 2.79. The Labute approximate surface area is 103 Å². The van der Waals surface area contributed by atoms with E-state index in [0.29, 0.717) is 11.5 Å². The smallest absolute Gasteiger partial charge is 0.246 e. The summed E-state index contributed by atoms with van der Waals surface area (Å²) in [5.41, 5.74) is 5.89. The molecule has 1 aromatic heterocycles. The molecule has 0 radical (unpaired) electrons. The van der Waals surface area contributed by atoms with Gasteiger partial charge in [-0.2, -0.15) is 5.10 Å². The lowest BCUT2D eigenvalue weighted by Crippen LogP contribution is -2.19. The maximum Gasteiger partial charge on any atom is 0.246 e. The zero-order valence-electron chi connectivity index (χ0n) is 9.51. The first kappa shape index (κ1) is 12.2. The van der Waals surface area contributed by atoms with E-state index in [2.05, 4.69) is 15.4 Å². The van der Waals surface area contributed by atoms with Crippen LogP contribution >= 0.6 is 0 Å². The maximum absolute atomic E-state index is 12.7. The number of carbonyl (C=O) groups is 1. The second-order valence-electron chi connectivity index (χ2n) is 3.62. The number of hydrogen-bond acceptors (Lipinski definition) is 4. The Morgan fingerprint density at radius 2 is 2.11 bits per heavy atom. The van der Waals surface area contributed by atoms with Gasteiger partial charge in [0.15, 0.2) is 5.82 Å². The van der Waals surface area contributed by atoms with E-state index >= 15 is 0 Å². The first-order chi connectivity index (χ1) is 8.67. The van der Waals surface area contributed by atoms with Crippen molar-refractivity contribution in [3.63, 3.8) is 0 Å². The molecule has 94 valence electrons. The number of nitrogens with one attached hydrogen (secondary N) is 1. The van der Waals surface area contributed by atoms with Gasteiger partial charge in [-0.05, 0) is 24.3 Å². The molecular weight excluding hydrogens is 237 g/mol. The topological polar surface area (TPSA) is 85.8 Å². The van der Waals surface area contributed by atoms with E-state index in [0.717, 1.165) is 0 Å². The highest BCUT2D eigenvalue weighted by atomic mass is 19.1. The van der Waals surface area contributed by atoms with Crippen LogP contribution < -0.4 is 11.1 Å². The van der Waals surface area contributed by atoms with E-state index in [9.17, 15) is 9.18 Å². The van der Waals surface area contributed by atoms with Crippen molar-refractivity contribution < 1.29 is 9.18 Å². The van der Waals surface area contributed by atoms with Crippen molar-refractivity contribution in [3.05, 3.63) is 42.2 Å². The van der Waals surface area contributed by atoms with Crippen LogP contribution in [0.25, 0.3) is 0 Å². The molecule has 0 aliphatic rings. The van der Waals surface area contributed by atoms with E-state index in [4.69, 9.17) is 5.73 Å². The number of aromatic nitrogens is 3. The highest BCUT2D eigenvalue weighted by Gasteiger charge is 2.05. The van der Waals surface area contributed by atoms with E-state index in [1.165, 1.54) is 35.3 Å². The van der Waals surface area contributed by atoms with Crippen molar-refractivity contribution in [1.29, 1.82) is 0 Å². The number of benzene rings is 1. The summed E-state index contributed by atoms with van der Waals surface area (Å²) < 4.78 is 14.1. The molecule has 0 spiro atoms. The summed E-state index contributed by atoms with van der Waals surface area (Å²) in [5.74, 6) is -0.142. The highest BCUT2D eigenvalue weighted by Crippen LogP contribution is 2.08. The molecular formula is C11H12FN5O. The first-order valence-corrected chi connectivity index (χ1v) is 5.31. The van der Waals surface area contributed by atoms with Crippen molar-refractivity contribution in [3.8, 4) is 0 Å². The molecule has 0 saturated heterocycles. The predicted molar refractivity (Wildman–Crippen MR) is 62.9 cm³/mol. The molecule has 2 rings (SSSR count). The SMILES string of the molecule is NCc1ncn(CC(=O)Nc2ccc(F)cc2)n1. The zero-order chi connectivity index (χ0) is 13.0. The Morgan fingerprint density at radius 3 is 2.72 bits per heavy atom. The minimum Gasteiger partial charge on any atom is -0.324 e. The third kappa shape index (κ3) is 3.11. The van der Waals surface area contributed by atoms with Crippen LogP contribution in [0.1, 0.15) is 5.82 Å². The number of amides is 1. The van der Waals surface area contributed by atoms with Crippen LogP contribution in [-0.2, 0) is 17.9 Å². The summed E-state index contributed by atoms with van der Waals surface area (Å²) >= 11 is 0. The van der Waals surface area contributed by atoms with Crippen LogP contribution in [-0.4, -0.2) is 20.7 Å². The maximum atomic E-state index is 12.7. The number of hydrogen-bond donors (Lipinski definition) is 2. The van der Waals surface area contributed by atoms with Gasteiger partial charge in [0.25, 0.3) is 0 Å². The fraction of sp³-hybridized carbons (Fsp3) is 0.182. The molecule has 3 N–H and O–H groups in total. The van der Waals surface area contributed by atoms with Gasteiger partial charge >= 0.3 is 0 Å². The normalized spacial score (nSPS) is 10.3. The van der Waals surface area contributed by atoms with Crippen LogP contribution in [0, 0.1) is 5.82 Å². The number of carbonyl (C=O) groups excluding carboxylic acids is 1. The second-order valence-corrected chi connectivity index (χ2v) is 3.62. The molecule has 2 aromatic rings. The standard InChI is InChI=1S/C11H12FN5O/c12-8-1-3-9(4-2-8)15-11(18)6-17-7-14-10(5-13)16-17/h1-4,7H,5-6,13H2,(H,15,18). The van der Waals surface area contributed by atoms with E-state index in [-0.39, 0.29) is 24.8 Å². The molecule has 0 aliphatic carbocycles. The quantitative estimate of drug-likeness (QED) is 0.826. The van der Waals surface area contributed by atoms with E-state index in [1.54, 1.807) is 0 Å². The van der Waals surface area contributed by atoms with Crippen molar-refractivity contribution in [2.45, 2.75) is 13.1 Å². The second kappa shape index (κ2) is 5.37. The summed E-state index contributed by atoms with van der Waals surface area (Å²) in [4.78, 5) is 15.5. The van der Waals surface area contributed by atoms with E-state index in [1.807, 2.05) is 0 Å². The molecule has 6 nitrogen and oxygen atoms in total. The van der Waals surface area contributed by atoms with Crippen LogP contribution in [0.15, 0.2) is 30.6 Å². The number of rotatable bonds is 4. The van der Waals surface area contributed by atoms with Gasteiger partial charge in [-0.1, -0.05) is 0 Å². The molecule has 0 saturated carbocycles. The monoisotopic (exact) mass is 249 g/mol. The summed E-state index contributed by atoms with van der Waals surface area (Å²) in [5, 5.41) is 6.60. The Hall–Kier alpha value is -2.28. The molecule has 0 unspecified atom stereocenters. The lowest BCUT2D eigenvalue weighted by atomic mass is 10.3. The number of nitrogens with zero attached hydrogens (tertiary/aromatic N) is 3. The lowest BCUT2D eigenvalue weighted by molar-refractivity contribution is -0.116. The molecule has 0 bridgehead atoms. The third-order valence-electron chi connectivity index (χ3n) is 2.20. The molecule has 0 fully saturated rings. The van der Waals surface area contributed by atoms with Crippen molar-refractivity contribution in [2.24, 2.45) is 5.73 Å². The molecule has 7 heteroatoms. The summed E-state index contributed by atoms with van der Waals surface area (Å²) in [7, 11) is 0. The molecule has 1 amide bonds. The zero-order valence-corrected chi connectivity index (χ0v) is 9.51. The Morgan fingerprint density at radius 1 is 1.39 bits per heavy atom. The molecule has 1 aromatic carbocycles. The Kier molecular flexibility index (Phi) is 3.63. The molecule has 18 heavy (non-hydrogen) atoms. The number of halogens is 1. The largest absolute Gasteiger partial charge is 0.324 e. The Balaban J connectivity index is 1.94. The molecule has 1 heterocycles. The predicted octanol–water partition coefficient (Wildman–Crippen LogP) is 0.515. The van der Waals surface area contributed by atoms with Gasteiger partial charge in [0.05, 0.1) is 6.54 Å². The van der Waals surface area contributed by atoms with Gasteiger partial charge in [-0.15, -0.1) is 0 Å². The fourth-order valence-electron chi connectivity index (χ4n) is 1.38. The van der Waals surface area contributed by atoms with Crippen molar-refractivity contribution >= 4 is 11.6 Å². The lowest BCUT2D eigenvalue weighted by Gasteiger charge is -2.04. The van der Waals surface area contributed by atoms with Crippen LogP contribution in [0.4, 0.5) is 10.1 Å². The first-order valence-electron chi connectivity index (χ1n) is 5.31. The van der Waals surface area contributed by atoms with E-state index < -0.39 is 0 Å². The highest BCUT2D eigenvalue weighted by molar-refractivity contribution is 5.90. The Bertz CT molecular complexity index is 537. The van der Waals surface area contributed by atoms with Gasteiger partial charge in [0.2, 0.25) is 5.91 Å². The summed E-state index contributed by atoms with van der Waals surface area (Å²) in [6, 6.07) is 5.52. The summed E-state index contributed by atoms with van der Waals surface area (Å²) in [6.07, 6.45) is 1.44. The minimum absolute atomic E-state index is 0.0321.